The van der Waals surface area contributed by atoms with Crippen molar-refractivity contribution in [1.82, 2.24) is 9.13 Å². The number of ketones is 1. The largest absolute Gasteiger partial charge is 0.350 e. The molecule has 8 nitrogen and oxygen atoms in total. The van der Waals surface area contributed by atoms with Gasteiger partial charge in [-0.1, -0.05) is 0 Å². The van der Waals surface area contributed by atoms with Gasteiger partial charge in [-0.3, -0.25) is 24.0 Å². The molecule has 0 saturated heterocycles. The number of rotatable bonds is 5. The molecule has 0 aromatic carbocycles. The van der Waals surface area contributed by atoms with Gasteiger partial charge < -0.3 is 4.79 Å². The van der Waals surface area contributed by atoms with Gasteiger partial charge in [-0.2, -0.15) is 0 Å². The fourth-order valence-corrected chi connectivity index (χ4v) is 1.52. The number of carbonyl (C=O) groups is 1. The topological polar surface area (TPSA) is 104 Å². The SMILES string of the molecule is CC(=O)CCCn1c(=O)c([N+](=O)[O-])cn(C)c1=O. The lowest BCUT2D eigenvalue weighted by Crippen LogP contribution is -2.39. The fourth-order valence-electron chi connectivity index (χ4n) is 1.52. The van der Waals surface area contributed by atoms with E-state index >= 15 is 0 Å². The van der Waals surface area contributed by atoms with Crippen molar-refractivity contribution in [2.45, 2.75) is 26.3 Å². The van der Waals surface area contributed by atoms with Crippen molar-refractivity contribution >= 4 is 11.5 Å². The maximum Gasteiger partial charge on any atom is 0.350 e. The van der Waals surface area contributed by atoms with Crippen molar-refractivity contribution in [2.24, 2.45) is 7.05 Å². The molecule has 1 aromatic heterocycles. The number of nitrogens with zero attached hydrogens (tertiary/aromatic N) is 3. The summed E-state index contributed by atoms with van der Waals surface area (Å²) in [5.74, 6) is -0.0645. The number of Topliss-reactive ketones (excluding diaryl/α,β-unsaturated/α-hetero) is 1. The quantitative estimate of drug-likeness (QED) is 0.536. The van der Waals surface area contributed by atoms with Gasteiger partial charge >= 0.3 is 16.9 Å². The molecule has 18 heavy (non-hydrogen) atoms. The van der Waals surface area contributed by atoms with Crippen LogP contribution in [0.5, 0.6) is 0 Å². The Labute approximate surface area is 102 Å². The second-order valence-corrected chi connectivity index (χ2v) is 3.93. The Morgan fingerprint density at radius 2 is 2.06 bits per heavy atom. The predicted molar refractivity (Wildman–Crippen MR) is 62.5 cm³/mol. The number of aryl methyl sites for hydroxylation is 1. The number of carbonyl (C=O) groups excluding carboxylic acids is 1. The average molecular weight is 255 g/mol. The van der Waals surface area contributed by atoms with E-state index in [9.17, 15) is 24.5 Å². The molecular weight excluding hydrogens is 242 g/mol. The minimum Gasteiger partial charge on any atom is -0.300 e. The maximum absolute atomic E-state index is 11.7. The molecule has 0 radical (unpaired) electrons. The first-order valence-corrected chi connectivity index (χ1v) is 5.29. The summed E-state index contributed by atoms with van der Waals surface area (Å²) in [4.78, 5) is 43.9. The van der Waals surface area contributed by atoms with Gasteiger partial charge in [-0.15, -0.1) is 0 Å². The third-order valence-corrected chi connectivity index (χ3v) is 2.42. The van der Waals surface area contributed by atoms with Crippen molar-refractivity contribution in [3.8, 4) is 0 Å². The standard InChI is InChI=1S/C10H13N3O5/c1-7(14)4-3-5-12-9(15)8(13(17)18)6-11(2)10(12)16/h6H,3-5H2,1-2H3. The van der Waals surface area contributed by atoms with E-state index in [2.05, 4.69) is 0 Å². The van der Waals surface area contributed by atoms with Gasteiger partial charge in [0.05, 0.1) is 11.1 Å². The van der Waals surface area contributed by atoms with E-state index in [0.29, 0.717) is 6.42 Å². The Morgan fingerprint density at radius 3 is 2.56 bits per heavy atom. The molecule has 1 aromatic rings. The van der Waals surface area contributed by atoms with Crippen molar-refractivity contribution in [1.29, 1.82) is 0 Å². The van der Waals surface area contributed by atoms with Crippen LogP contribution in [0.3, 0.4) is 0 Å². The van der Waals surface area contributed by atoms with E-state index in [0.717, 1.165) is 15.3 Å². The zero-order valence-electron chi connectivity index (χ0n) is 10.1. The highest BCUT2D eigenvalue weighted by molar-refractivity contribution is 5.75. The zero-order valence-corrected chi connectivity index (χ0v) is 10.1. The van der Waals surface area contributed by atoms with Crippen LogP contribution in [0.2, 0.25) is 0 Å². The second kappa shape index (κ2) is 5.39. The van der Waals surface area contributed by atoms with Crippen LogP contribution < -0.4 is 11.2 Å². The van der Waals surface area contributed by atoms with Crippen LogP contribution >= 0.6 is 0 Å². The molecule has 0 unspecified atom stereocenters. The maximum atomic E-state index is 11.7. The smallest absolute Gasteiger partial charge is 0.300 e. The Bertz CT molecular complexity index is 599. The molecule has 8 heteroatoms. The van der Waals surface area contributed by atoms with E-state index in [1.54, 1.807) is 0 Å². The molecule has 0 N–H and O–H groups in total. The van der Waals surface area contributed by atoms with E-state index in [4.69, 9.17) is 0 Å². The minimum absolute atomic E-state index is 0.00718. The lowest BCUT2D eigenvalue weighted by molar-refractivity contribution is -0.387. The molecule has 0 aliphatic carbocycles. The molecule has 0 fully saturated rings. The van der Waals surface area contributed by atoms with Crippen LogP contribution in [0.4, 0.5) is 5.69 Å². The lowest BCUT2D eigenvalue weighted by atomic mass is 10.2. The van der Waals surface area contributed by atoms with E-state index in [1.807, 2.05) is 0 Å². The van der Waals surface area contributed by atoms with Crippen LogP contribution in [0.1, 0.15) is 19.8 Å². The zero-order chi connectivity index (χ0) is 13.9. The third-order valence-electron chi connectivity index (χ3n) is 2.42. The molecule has 0 amide bonds. The van der Waals surface area contributed by atoms with E-state index < -0.39 is 21.9 Å². The Kier molecular flexibility index (Phi) is 4.13. The normalized spacial score (nSPS) is 10.3. The Balaban J connectivity index is 3.18. The predicted octanol–water partition coefficient (Wildman–Crippen LogP) is -0.176. The van der Waals surface area contributed by atoms with Crippen molar-refractivity contribution < 1.29 is 9.72 Å². The minimum atomic E-state index is -0.938. The van der Waals surface area contributed by atoms with Gasteiger partial charge in [0, 0.05) is 20.0 Å². The van der Waals surface area contributed by atoms with Crippen molar-refractivity contribution in [2.75, 3.05) is 0 Å². The molecule has 0 aliphatic rings. The Morgan fingerprint density at radius 1 is 1.44 bits per heavy atom. The van der Waals surface area contributed by atoms with Gasteiger partial charge in [0.15, 0.2) is 0 Å². The van der Waals surface area contributed by atoms with Gasteiger partial charge in [0.2, 0.25) is 0 Å². The number of aromatic nitrogens is 2. The van der Waals surface area contributed by atoms with Crippen LogP contribution in [0, 0.1) is 10.1 Å². The molecule has 0 saturated carbocycles. The highest BCUT2D eigenvalue weighted by Crippen LogP contribution is 2.00. The van der Waals surface area contributed by atoms with Crippen LogP contribution in [-0.4, -0.2) is 19.8 Å². The van der Waals surface area contributed by atoms with Gasteiger partial charge in [-0.05, 0) is 13.3 Å². The lowest BCUT2D eigenvalue weighted by Gasteiger charge is -2.05. The van der Waals surface area contributed by atoms with Gasteiger partial charge in [-0.25, -0.2) is 4.79 Å². The highest BCUT2D eigenvalue weighted by atomic mass is 16.6. The molecule has 0 spiro atoms. The highest BCUT2D eigenvalue weighted by Gasteiger charge is 2.18. The second-order valence-electron chi connectivity index (χ2n) is 3.93. The van der Waals surface area contributed by atoms with Gasteiger partial charge in [0.1, 0.15) is 5.78 Å². The summed E-state index contributed by atoms with van der Waals surface area (Å²) in [5.41, 5.74) is -2.22. The molecule has 0 bridgehead atoms. The molecule has 1 heterocycles. The summed E-state index contributed by atoms with van der Waals surface area (Å²) >= 11 is 0. The molecular formula is C10H13N3O5. The number of hydrogen-bond donors (Lipinski definition) is 0. The summed E-state index contributed by atoms with van der Waals surface area (Å²) in [6.45, 7) is 1.39. The molecule has 0 aliphatic heterocycles. The van der Waals surface area contributed by atoms with Crippen LogP contribution in [0.25, 0.3) is 0 Å². The molecule has 1 rings (SSSR count). The monoisotopic (exact) mass is 255 g/mol. The summed E-state index contributed by atoms with van der Waals surface area (Å²) < 4.78 is 1.76. The Hall–Kier alpha value is -2.25. The van der Waals surface area contributed by atoms with Crippen LogP contribution in [0.15, 0.2) is 15.8 Å². The summed E-state index contributed by atoms with van der Waals surface area (Å²) in [5, 5.41) is 10.6. The van der Waals surface area contributed by atoms with Crippen molar-refractivity contribution in [3.05, 3.63) is 37.1 Å². The van der Waals surface area contributed by atoms with E-state index in [1.165, 1.54) is 14.0 Å². The average Bonchev–Trinajstić information content (AvgIpc) is 2.27. The first-order valence-electron chi connectivity index (χ1n) is 5.29. The van der Waals surface area contributed by atoms with E-state index in [-0.39, 0.29) is 18.7 Å². The number of hydrogen-bond acceptors (Lipinski definition) is 5. The van der Waals surface area contributed by atoms with Crippen molar-refractivity contribution in [3.63, 3.8) is 0 Å². The molecule has 0 atom stereocenters. The molecule has 98 valence electrons. The van der Waals surface area contributed by atoms with Crippen LogP contribution in [-0.2, 0) is 18.4 Å². The first-order chi connectivity index (χ1) is 8.34. The van der Waals surface area contributed by atoms with Gasteiger partial charge in [0.25, 0.3) is 0 Å². The first kappa shape index (κ1) is 13.8. The fraction of sp³-hybridized carbons (Fsp3) is 0.500. The summed E-state index contributed by atoms with van der Waals surface area (Å²) in [6, 6.07) is 0. The third kappa shape index (κ3) is 2.90. The summed E-state index contributed by atoms with van der Waals surface area (Å²) in [7, 11) is 1.33. The number of nitro groups is 1. The summed E-state index contributed by atoms with van der Waals surface area (Å²) in [6.07, 6.45) is 1.41.